The Morgan fingerprint density at radius 3 is 2.18 bits per heavy atom. The van der Waals surface area contributed by atoms with Crippen LogP contribution < -0.4 is 5.32 Å². The highest BCUT2D eigenvalue weighted by molar-refractivity contribution is 5.77. The minimum absolute atomic E-state index is 0.220. The highest BCUT2D eigenvalue weighted by Crippen LogP contribution is 2.00. The topological polar surface area (TPSA) is 29.1 Å². The Bertz CT molecular complexity index is 91.6. The summed E-state index contributed by atoms with van der Waals surface area (Å²) >= 11 is 0. The molecule has 2 heteroatoms. The zero-order valence-corrected chi connectivity index (χ0v) is 8.40. The quantitative estimate of drug-likeness (QED) is 0.678. The van der Waals surface area contributed by atoms with Crippen LogP contribution in [0.4, 0.5) is 0 Å². The van der Waals surface area contributed by atoms with Gasteiger partial charge in [-0.1, -0.05) is 20.8 Å². The van der Waals surface area contributed by atoms with E-state index in [0.29, 0.717) is 0 Å². The Kier molecular flexibility index (Phi) is 11.6. The second-order valence-corrected chi connectivity index (χ2v) is 2.40. The molecule has 0 amide bonds. The first-order valence-corrected chi connectivity index (χ1v) is 4.33. The molecule has 0 spiro atoms. The van der Waals surface area contributed by atoms with Gasteiger partial charge in [-0.2, -0.15) is 0 Å². The molecule has 11 heavy (non-hydrogen) atoms. The summed E-state index contributed by atoms with van der Waals surface area (Å²) in [5.74, 6) is 0.503. The molecule has 0 rings (SSSR count). The number of hydrogen-bond donors (Lipinski definition) is 1. The molecule has 2 nitrogen and oxygen atoms in total. The summed E-state index contributed by atoms with van der Waals surface area (Å²) in [5, 5.41) is 3.00. The minimum atomic E-state index is 0.220. The molecule has 0 saturated carbocycles. The smallest absolute Gasteiger partial charge is 0.132 e. The molecule has 0 aromatic heterocycles. The van der Waals surface area contributed by atoms with Crippen LogP contribution in [0.2, 0.25) is 0 Å². The van der Waals surface area contributed by atoms with Crippen LogP contribution in [-0.2, 0) is 4.79 Å². The summed E-state index contributed by atoms with van der Waals surface area (Å²) in [4.78, 5) is 10.6. The molecule has 0 aromatic carbocycles. The lowest BCUT2D eigenvalue weighted by Gasteiger charge is -2.04. The predicted octanol–water partition coefficient (Wildman–Crippen LogP) is 1.85. The van der Waals surface area contributed by atoms with Gasteiger partial charge in [0, 0.05) is 5.92 Å². The van der Waals surface area contributed by atoms with E-state index in [1.54, 1.807) is 6.92 Å². The summed E-state index contributed by atoms with van der Waals surface area (Å²) in [6.45, 7) is 8.53. The molecule has 1 atom stereocenters. The molecular weight excluding hydrogens is 138 g/mol. The molecule has 0 saturated heterocycles. The lowest BCUT2D eigenvalue weighted by atomic mass is 10.0. The monoisotopic (exact) mass is 159 g/mol. The van der Waals surface area contributed by atoms with Crippen molar-refractivity contribution in [3.8, 4) is 0 Å². The van der Waals surface area contributed by atoms with Gasteiger partial charge in [-0.3, -0.25) is 4.79 Å². The van der Waals surface area contributed by atoms with E-state index >= 15 is 0 Å². The lowest BCUT2D eigenvalue weighted by Crippen LogP contribution is -2.15. The third-order valence-corrected chi connectivity index (χ3v) is 1.52. The highest BCUT2D eigenvalue weighted by Gasteiger charge is 2.04. The van der Waals surface area contributed by atoms with Crippen molar-refractivity contribution in [2.24, 2.45) is 5.92 Å². The second kappa shape index (κ2) is 9.63. The summed E-state index contributed by atoms with van der Waals surface area (Å²) in [5.41, 5.74) is 0. The molecule has 1 N–H and O–H groups in total. The number of rotatable bonds is 4. The predicted molar refractivity (Wildman–Crippen MR) is 49.7 cm³/mol. The Morgan fingerprint density at radius 1 is 1.45 bits per heavy atom. The van der Waals surface area contributed by atoms with Crippen LogP contribution in [-0.4, -0.2) is 19.4 Å². The first kappa shape index (κ1) is 13.2. The van der Waals surface area contributed by atoms with Crippen molar-refractivity contribution in [1.29, 1.82) is 0 Å². The normalized spacial score (nSPS) is 11.4. The van der Waals surface area contributed by atoms with Gasteiger partial charge in [0.05, 0.1) is 0 Å². The Labute approximate surface area is 70.4 Å². The first-order chi connectivity index (χ1) is 5.18. The fourth-order valence-corrected chi connectivity index (χ4v) is 0.564. The van der Waals surface area contributed by atoms with Crippen molar-refractivity contribution in [1.82, 2.24) is 5.32 Å². The van der Waals surface area contributed by atoms with Crippen LogP contribution in [0.3, 0.4) is 0 Å². The fourth-order valence-electron chi connectivity index (χ4n) is 0.564. The lowest BCUT2D eigenvalue weighted by molar-refractivity contribution is -0.120. The molecule has 0 aliphatic heterocycles. The average molecular weight is 159 g/mol. The van der Waals surface area contributed by atoms with Gasteiger partial charge < -0.3 is 5.32 Å². The van der Waals surface area contributed by atoms with Gasteiger partial charge in [0.15, 0.2) is 0 Å². The van der Waals surface area contributed by atoms with Crippen molar-refractivity contribution in [2.45, 2.75) is 34.1 Å². The number of carbonyl (C=O) groups excluding carboxylic acids is 1. The van der Waals surface area contributed by atoms with E-state index in [2.05, 4.69) is 5.32 Å². The molecular formula is C9H21NO. The molecule has 0 aliphatic rings. The van der Waals surface area contributed by atoms with Crippen molar-refractivity contribution in [3.05, 3.63) is 0 Å². The summed E-state index contributed by atoms with van der Waals surface area (Å²) in [7, 11) is 1.90. The van der Waals surface area contributed by atoms with Crippen LogP contribution in [0.5, 0.6) is 0 Å². The maximum absolute atomic E-state index is 10.6. The van der Waals surface area contributed by atoms with Crippen molar-refractivity contribution in [3.63, 3.8) is 0 Å². The van der Waals surface area contributed by atoms with E-state index in [4.69, 9.17) is 0 Å². The Morgan fingerprint density at radius 2 is 1.91 bits per heavy atom. The van der Waals surface area contributed by atoms with Crippen LogP contribution >= 0.6 is 0 Å². The van der Waals surface area contributed by atoms with Gasteiger partial charge in [-0.25, -0.2) is 0 Å². The summed E-state index contributed by atoms with van der Waals surface area (Å²) in [6.07, 6.45) is 0.950. The number of Topliss-reactive ketones (excluding diaryl/α,β-unsaturated/α-hetero) is 1. The standard InChI is InChI=1S/C7H15NO.C2H6/c1-6(7(2)9)4-5-8-3;1-2/h6,8H,4-5H2,1-3H3;1-2H3. The molecule has 0 bridgehead atoms. The van der Waals surface area contributed by atoms with Crippen LogP contribution in [0.1, 0.15) is 34.1 Å². The van der Waals surface area contributed by atoms with Gasteiger partial charge >= 0.3 is 0 Å². The van der Waals surface area contributed by atoms with E-state index in [1.807, 2.05) is 27.8 Å². The first-order valence-electron chi connectivity index (χ1n) is 4.33. The SMILES string of the molecule is CC.CNCCC(C)C(C)=O. The van der Waals surface area contributed by atoms with E-state index < -0.39 is 0 Å². The van der Waals surface area contributed by atoms with Gasteiger partial charge in [-0.15, -0.1) is 0 Å². The molecule has 68 valence electrons. The van der Waals surface area contributed by atoms with Gasteiger partial charge in [0.25, 0.3) is 0 Å². The van der Waals surface area contributed by atoms with Gasteiger partial charge in [-0.05, 0) is 26.9 Å². The molecule has 0 fully saturated rings. The van der Waals surface area contributed by atoms with E-state index in [1.165, 1.54) is 0 Å². The third kappa shape index (κ3) is 9.63. The maximum Gasteiger partial charge on any atom is 0.132 e. The van der Waals surface area contributed by atoms with Crippen molar-refractivity contribution >= 4 is 5.78 Å². The summed E-state index contributed by atoms with van der Waals surface area (Å²) < 4.78 is 0. The molecule has 0 aliphatic carbocycles. The fraction of sp³-hybridized carbons (Fsp3) is 0.889. The number of ketones is 1. The van der Waals surface area contributed by atoms with Gasteiger partial charge in [0.1, 0.15) is 5.78 Å². The minimum Gasteiger partial charge on any atom is -0.320 e. The van der Waals surface area contributed by atoms with Gasteiger partial charge in [0.2, 0.25) is 0 Å². The average Bonchev–Trinajstić information content (AvgIpc) is 2.03. The van der Waals surface area contributed by atoms with E-state index in [0.717, 1.165) is 13.0 Å². The second-order valence-electron chi connectivity index (χ2n) is 2.40. The van der Waals surface area contributed by atoms with E-state index in [9.17, 15) is 4.79 Å². The molecule has 0 radical (unpaired) electrons. The van der Waals surface area contributed by atoms with Crippen LogP contribution in [0.25, 0.3) is 0 Å². The third-order valence-electron chi connectivity index (χ3n) is 1.52. The number of nitrogens with one attached hydrogen (secondary N) is 1. The maximum atomic E-state index is 10.6. The molecule has 0 aromatic rings. The Hall–Kier alpha value is -0.370. The van der Waals surface area contributed by atoms with E-state index in [-0.39, 0.29) is 11.7 Å². The van der Waals surface area contributed by atoms with Crippen LogP contribution in [0, 0.1) is 5.92 Å². The largest absolute Gasteiger partial charge is 0.320 e. The zero-order valence-electron chi connectivity index (χ0n) is 8.40. The Balaban J connectivity index is 0. The molecule has 0 heterocycles. The molecule has 1 unspecified atom stereocenters. The van der Waals surface area contributed by atoms with Crippen molar-refractivity contribution < 1.29 is 4.79 Å². The number of hydrogen-bond acceptors (Lipinski definition) is 2. The van der Waals surface area contributed by atoms with Crippen molar-refractivity contribution in [2.75, 3.05) is 13.6 Å². The zero-order chi connectivity index (χ0) is 9.28. The summed E-state index contributed by atoms with van der Waals surface area (Å²) in [6, 6.07) is 0. The highest BCUT2D eigenvalue weighted by atomic mass is 16.1. The van der Waals surface area contributed by atoms with Crippen LogP contribution in [0.15, 0.2) is 0 Å². The number of carbonyl (C=O) groups is 1.